The summed E-state index contributed by atoms with van der Waals surface area (Å²) in [7, 11) is 0. The van der Waals surface area contributed by atoms with Crippen LogP contribution in [0.15, 0.2) is 35.5 Å². The number of fused-ring (bicyclic) bond motifs is 7. The van der Waals surface area contributed by atoms with Crippen molar-refractivity contribution in [3.63, 3.8) is 0 Å². The molecule has 10 aliphatic rings. The fourth-order valence-corrected chi connectivity index (χ4v) is 13.3. The van der Waals surface area contributed by atoms with Crippen molar-refractivity contribution >= 4 is 17.9 Å². The maximum absolute atomic E-state index is 14.0. The first-order chi connectivity index (χ1) is 23.6. The Morgan fingerprint density at radius 2 is 1.54 bits per heavy atom. The van der Waals surface area contributed by atoms with Crippen LogP contribution in [0.3, 0.4) is 0 Å². The van der Waals surface area contributed by atoms with Gasteiger partial charge >= 0.3 is 30.3 Å². The first-order valence-electron chi connectivity index (χ1n) is 18.2. The lowest BCUT2D eigenvalue weighted by molar-refractivity contribution is -0.387. The second-order valence-corrected chi connectivity index (χ2v) is 17.1. The standard InChI is InChI=1S/C37H38F6O7/c38-36(39,40)35(47,37(41,42)43)26-10-16-8-17(26)9-19(16)28-24-11-25-29(28)34(46)50-32(25)31(24)49-33(45)23-7-14-5-20(23)21(6-14)30-22(12-27(44)48-30)18-4-13-1-2-15(18)3-13/h1-2,6,9,13-18,20,22-26,28-32,47H,3-5,7-8,10-12H2. The van der Waals surface area contributed by atoms with Crippen LogP contribution in [0, 0.1) is 82.9 Å². The van der Waals surface area contributed by atoms with Gasteiger partial charge in [-0.2, -0.15) is 26.3 Å². The molecule has 1 N–H and O–H groups in total. The number of esters is 3. The van der Waals surface area contributed by atoms with E-state index in [0.717, 1.165) is 24.8 Å². The van der Waals surface area contributed by atoms with E-state index in [4.69, 9.17) is 14.2 Å². The van der Waals surface area contributed by atoms with E-state index in [-0.39, 0.29) is 48.1 Å². The van der Waals surface area contributed by atoms with Gasteiger partial charge in [-0.15, -0.1) is 0 Å². The third kappa shape index (κ3) is 4.12. The number of ether oxygens (including phenoxy) is 3. The fraction of sp³-hybridized carbons (Fsp3) is 0.757. The molecule has 7 fully saturated rings. The van der Waals surface area contributed by atoms with Crippen LogP contribution in [-0.4, -0.2) is 59.3 Å². The zero-order valence-electron chi connectivity index (χ0n) is 26.9. The highest BCUT2D eigenvalue weighted by atomic mass is 19.4. The normalized spacial score (nSPS) is 49.3. The van der Waals surface area contributed by atoms with Crippen molar-refractivity contribution in [2.24, 2.45) is 82.9 Å². The maximum Gasteiger partial charge on any atom is 0.426 e. The highest BCUT2D eigenvalue weighted by Crippen LogP contribution is 2.67. The first kappa shape index (κ1) is 31.9. The number of halogens is 6. The predicted octanol–water partition coefficient (Wildman–Crippen LogP) is 5.87. The highest BCUT2D eigenvalue weighted by Gasteiger charge is 2.77. The highest BCUT2D eigenvalue weighted by molar-refractivity contribution is 5.79. The molecule has 0 aromatic heterocycles. The molecule has 17 atom stereocenters. The summed E-state index contributed by atoms with van der Waals surface area (Å²) in [5, 5.41) is 10.2. The molecule has 2 heterocycles. The van der Waals surface area contributed by atoms with Crippen LogP contribution in [0.2, 0.25) is 0 Å². The molecule has 0 radical (unpaired) electrons. The van der Waals surface area contributed by atoms with E-state index in [1.807, 2.05) is 0 Å². The molecule has 270 valence electrons. The molecule has 10 rings (SSSR count). The van der Waals surface area contributed by atoms with Crippen LogP contribution in [0.25, 0.3) is 0 Å². The topological polar surface area (TPSA) is 99.1 Å². The summed E-state index contributed by atoms with van der Waals surface area (Å²) in [4.78, 5) is 39.8. The summed E-state index contributed by atoms with van der Waals surface area (Å²) in [6.45, 7) is 0. The number of hydrogen-bond acceptors (Lipinski definition) is 7. The number of aliphatic hydroxyl groups is 1. The van der Waals surface area contributed by atoms with Gasteiger partial charge in [0.2, 0.25) is 0 Å². The number of rotatable bonds is 6. The van der Waals surface area contributed by atoms with E-state index in [1.54, 1.807) is 0 Å². The second kappa shape index (κ2) is 10.2. The number of carbonyl (C=O) groups excluding carboxylic acids is 3. The largest absolute Gasteiger partial charge is 0.458 e. The Morgan fingerprint density at radius 1 is 0.760 bits per heavy atom. The molecule has 8 bridgehead atoms. The van der Waals surface area contributed by atoms with Crippen LogP contribution < -0.4 is 0 Å². The summed E-state index contributed by atoms with van der Waals surface area (Å²) in [6.07, 6.45) is -1.43. The van der Waals surface area contributed by atoms with Crippen molar-refractivity contribution in [2.75, 3.05) is 0 Å². The summed E-state index contributed by atoms with van der Waals surface area (Å²) in [6, 6.07) is 0. The molecule has 2 saturated heterocycles. The molecule has 0 spiro atoms. The molecule has 13 heteroatoms. The zero-order chi connectivity index (χ0) is 34.8. The quantitative estimate of drug-likeness (QED) is 0.160. The van der Waals surface area contributed by atoms with Crippen LogP contribution >= 0.6 is 0 Å². The van der Waals surface area contributed by atoms with Crippen LogP contribution in [0.1, 0.15) is 51.4 Å². The molecule has 5 saturated carbocycles. The Morgan fingerprint density at radius 3 is 2.18 bits per heavy atom. The zero-order valence-corrected chi connectivity index (χ0v) is 26.9. The molecule has 8 aliphatic carbocycles. The molecular weight excluding hydrogens is 670 g/mol. The van der Waals surface area contributed by atoms with Crippen LogP contribution in [0.5, 0.6) is 0 Å². The average molecular weight is 709 g/mol. The van der Waals surface area contributed by atoms with Gasteiger partial charge in [-0.1, -0.05) is 29.9 Å². The van der Waals surface area contributed by atoms with E-state index in [1.165, 1.54) is 6.08 Å². The second-order valence-electron chi connectivity index (χ2n) is 17.1. The van der Waals surface area contributed by atoms with Gasteiger partial charge in [-0.05, 0) is 91.9 Å². The fourth-order valence-electron chi connectivity index (χ4n) is 13.3. The van der Waals surface area contributed by atoms with Gasteiger partial charge in [-0.3, -0.25) is 14.4 Å². The lowest BCUT2D eigenvalue weighted by Crippen LogP contribution is -2.62. The van der Waals surface area contributed by atoms with Gasteiger partial charge in [0, 0.05) is 29.6 Å². The SMILES string of the molecule is O=C1CC(C2CC3C=CC2C3)C(C2=CC3CC(C(=O)OC4C5CC6C4OC(=O)C6C5C4=CC5CC4CC5C(O)(C(F)(F)F)C(F)(F)F)C2C3)O1. The third-order valence-electron chi connectivity index (χ3n) is 15.1. The van der Waals surface area contributed by atoms with Crippen LogP contribution in [0.4, 0.5) is 26.3 Å². The lowest BCUT2D eigenvalue weighted by atomic mass is 9.68. The van der Waals surface area contributed by atoms with Crippen molar-refractivity contribution < 1.29 is 60.0 Å². The summed E-state index contributed by atoms with van der Waals surface area (Å²) < 4.78 is 100. The lowest BCUT2D eigenvalue weighted by Gasteiger charge is -2.41. The minimum atomic E-state index is -5.90. The molecule has 0 amide bonds. The van der Waals surface area contributed by atoms with Gasteiger partial charge in [0.15, 0.2) is 0 Å². The first-order valence-corrected chi connectivity index (χ1v) is 18.2. The molecular formula is C37H38F6O7. The minimum absolute atomic E-state index is 0.0313. The van der Waals surface area contributed by atoms with Gasteiger partial charge in [0.1, 0.15) is 18.3 Å². The number of cyclic esters (lactones) is 1. The van der Waals surface area contributed by atoms with Crippen LogP contribution in [-0.2, 0) is 28.6 Å². The summed E-state index contributed by atoms with van der Waals surface area (Å²) in [5.41, 5.74) is -3.17. The number of allylic oxidation sites excluding steroid dienone is 5. The Bertz CT molecular complexity index is 1630. The minimum Gasteiger partial charge on any atom is -0.458 e. The molecule has 17 unspecified atom stereocenters. The van der Waals surface area contributed by atoms with E-state index >= 15 is 0 Å². The van der Waals surface area contributed by atoms with Gasteiger partial charge in [0.25, 0.3) is 5.60 Å². The predicted molar refractivity (Wildman–Crippen MR) is 158 cm³/mol. The Hall–Kier alpha value is -2.83. The van der Waals surface area contributed by atoms with Crippen molar-refractivity contribution in [3.05, 3.63) is 35.5 Å². The smallest absolute Gasteiger partial charge is 0.426 e. The van der Waals surface area contributed by atoms with Crippen molar-refractivity contribution in [2.45, 2.75) is 87.6 Å². The summed E-state index contributed by atoms with van der Waals surface area (Å²) >= 11 is 0. The molecule has 2 aliphatic heterocycles. The Balaban J connectivity index is 0.873. The number of alkyl halides is 6. The van der Waals surface area contributed by atoms with Gasteiger partial charge in [0.05, 0.1) is 18.3 Å². The van der Waals surface area contributed by atoms with E-state index in [9.17, 15) is 45.8 Å². The van der Waals surface area contributed by atoms with E-state index in [0.29, 0.717) is 42.6 Å². The van der Waals surface area contributed by atoms with Crippen molar-refractivity contribution in [1.82, 2.24) is 0 Å². The summed E-state index contributed by atoms with van der Waals surface area (Å²) in [5.74, 6) is -5.62. The monoisotopic (exact) mass is 708 g/mol. The molecule has 0 aromatic rings. The van der Waals surface area contributed by atoms with Crippen molar-refractivity contribution in [1.29, 1.82) is 0 Å². The number of carbonyl (C=O) groups is 3. The third-order valence-corrected chi connectivity index (χ3v) is 15.1. The van der Waals surface area contributed by atoms with E-state index < -0.39 is 84.0 Å². The Kier molecular flexibility index (Phi) is 6.49. The molecule has 0 aromatic carbocycles. The maximum atomic E-state index is 14.0. The molecule has 50 heavy (non-hydrogen) atoms. The Labute approximate surface area is 283 Å². The van der Waals surface area contributed by atoms with Crippen molar-refractivity contribution in [3.8, 4) is 0 Å². The average Bonchev–Trinajstić information content (AvgIpc) is 3.90. The number of hydrogen-bond donors (Lipinski definition) is 1. The molecule has 7 nitrogen and oxygen atoms in total. The van der Waals surface area contributed by atoms with Gasteiger partial charge in [-0.25, -0.2) is 0 Å². The van der Waals surface area contributed by atoms with Gasteiger partial charge < -0.3 is 19.3 Å². The van der Waals surface area contributed by atoms with E-state index in [2.05, 4.69) is 18.2 Å².